The van der Waals surface area contributed by atoms with E-state index in [2.05, 4.69) is 22.5 Å². The zero-order valence-electron chi connectivity index (χ0n) is 15.9. The Morgan fingerprint density at radius 2 is 1.96 bits per heavy atom. The summed E-state index contributed by atoms with van der Waals surface area (Å²) in [5.74, 6) is -0.0712. The summed E-state index contributed by atoms with van der Waals surface area (Å²) in [6, 6.07) is 9.58. The Labute approximate surface area is 160 Å². The third-order valence-electron chi connectivity index (χ3n) is 4.82. The van der Waals surface area contributed by atoms with E-state index in [0.717, 1.165) is 37.2 Å². The van der Waals surface area contributed by atoms with Gasteiger partial charge in [0.2, 0.25) is 5.91 Å². The predicted octanol–water partition coefficient (Wildman–Crippen LogP) is 4.19. The quantitative estimate of drug-likeness (QED) is 0.832. The van der Waals surface area contributed by atoms with Gasteiger partial charge in [-0.2, -0.15) is 0 Å². The monoisotopic (exact) mass is 366 g/mol. The molecule has 1 atom stereocenters. The smallest absolute Gasteiger partial charge is 0.255 e. The number of aromatic nitrogens is 1. The molecule has 1 aromatic heterocycles. The second-order valence-corrected chi connectivity index (χ2v) is 6.91. The fraction of sp³-hybridized carbons (Fsp3) is 0.381. The molecule has 3 rings (SSSR count). The molecule has 1 aliphatic rings. The summed E-state index contributed by atoms with van der Waals surface area (Å²) < 4.78 is 0. The first-order valence-corrected chi connectivity index (χ1v) is 9.47. The molecule has 0 bridgehead atoms. The number of nitrogens with zero attached hydrogens (tertiary/aromatic N) is 2. The van der Waals surface area contributed by atoms with Gasteiger partial charge in [0, 0.05) is 37.1 Å². The lowest BCUT2D eigenvalue weighted by atomic mass is 9.99. The molecule has 2 heterocycles. The minimum Gasteiger partial charge on any atom is -0.354 e. The molecule has 2 amide bonds. The molecular formula is C21H26N4O2. The first-order chi connectivity index (χ1) is 13.1. The van der Waals surface area contributed by atoms with Crippen LogP contribution in [-0.4, -0.2) is 34.3 Å². The fourth-order valence-corrected chi connectivity index (χ4v) is 3.53. The number of benzene rings is 1. The molecule has 0 saturated carbocycles. The molecule has 1 fully saturated rings. The number of anilines is 3. The molecule has 1 unspecified atom stereocenters. The van der Waals surface area contributed by atoms with Crippen LogP contribution in [0.25, 0.3) is 0 Å². The highest BCUT2D eigenvalue weighted by Gasteiger charge is 2.26. The van der Waals surface area contributed by atoms with Crippen molar-refractivity contribution >= 4 is 28.9 Å². The molecular weight excluding hydrogens is 340 g/mol. The Morgan fingerprint density at radius 1 is 1.15 bits per heavy atom. The number of amides is 2. The van der Waals surface area contributed by atoms with Gasteiger partial charge >= 0.3 is 0 Å². The van der Waals surface area contributed by atoms with Gasteiger partial charge in [0.25, 0.3) is 5.91 Å². The van der Waals surface area contributed by atoms with Crippen molar-refractivity contribution in [3.05, 3.63) is 48.3 Å². The van der Waals surface area contributed by atoms with Crippen molar-refractivity contribution in [1.82, 2.24) is 9.88 Å². The minimum absolute atomic E-state index is 0.0460. The van der Waals surface area contributed by atoms with Crippen molar-refractivity contribution < 1.29 is 9.59 Å². The van der Waals surface area contributed by atoms with Crippen LogP contribution >= 0.6 is 0 Å². The molecule has 27 heavy (non-hydrogen) atoms. The number of rotatable bonds is 5. The van der Waals surface area contributed by atoms with E-state index in [9.17, 15) is 9.59 Å². The SMILES string of the molecule is CCC1CCCCN1C(=O)c1cncc(Nc2cccc(NC(C)=O)c2)c1. The van der Waals surface area contributed by atoms with Gasteiger partial charge in [0.15, 0.2) is 0 Å². The number of carbonyl (C=O) groups excluding carboxylic acids is 2. The number of hydrogen-bond donors (Lipinski definition) is 2. The Kier molecular flexibility index (Phi) is 6.06. The highest BCUT2D eigenvalue weighted by atomic mass is 16.2. The van der Waals surface area contributed by atoms with Crippen molar-refractivity contribution in [2.24, 2.45) is 0 Å². The summed E-state index contributed by atoms with van der Waals surface area (Å²) in [6.45, 7) is 4.42. The van der Waals surface area contributed by atoms with Crippen molar-refractivity contribution in [3.8, 4) is 0 Å². The number of hydrogen-bond acceptors (Lipinski definition) is 4. The van der Waals surface area contributed by atoms with Crippen molar-refractivity contribution in [2.75, 3.05) is 17.2 Å². The van der Waals surface area contributed by atoms with Gasteiger partial charge in [0.05, 0.1) is 17.4 Å². The summed E-state index contributed by atoms with van der Waals surface area (Å²) >= 11 is 0. The molecule has 142 valence electrons. The first-order valence-electron chi connectivity index (χ1n) is 9.47. The number of carbonyl (C=O) groups is 2. The standard InChI is InChI=1S/C21H26N4O2/c1-3-20-9-4-5-10-25(20)21(27)16-11-19(14-22-13-16)24-18-8-6-7-17(12-18)23-15(2)26/h6-8,11-14,20,24H,3-5,9-10H2,1-2H3,(H,23,26). The molecule has 6 heteroatoms. The highest BCUT2D eigenvalue weighted by Crippen LogP contribution is 2.24. The van der Waals surface area contributed by atoms with Gasteiger partial charge in [-0.1, -0.05) is 13.0 Å². The van der Waals surface area contributed by atoms with E-state index in [-0.39, 0.29) is 11.8 Å². The minimum atomic E-state index is -0.117. The van der Waals surface area contributed by atoms with E-state index in [1.807, 2.05) is 35.2 Å². The van der Waals surface area contributed by atoms with Crippen LogP contribution in [0.4, 0.5) is 17.1 Å². The Morgan fingerprint density at radius 3 is 2.74 bits per heavy atom. The van der Waals surface area contributed by atoms with Gasteiger partial charge in [-0.05, 0) is 49.9 Å². The molecule has 2 N–H and O–H groups in total. The van der Waals surface area contributed by atoms with Crippen LogP contribution in [0.1, 0.15) is 49.9 Å². The summed E-state index contributed by atoms with van der Waals surface area (Å²) in [6.07, 6.45) is 7.62. The predicted molar refractivity (Wildman–Crippen MR) is 107 cm³/mol. The summed E-state index contributed by atoms with van der Waals surface area (Å²) in [5.41, 5.74) is 2.87. The number of pyridine rings is 1. The molecule has 0 radical (unpaired) electrons. The second-order valence-electron chi connectivity index (χ2n) is 6.91. The van der Waals surface area contributed by atoms with E-state index >= 15 is 0 Å². The molecule has 1 saturated heterocycles. The normalized spacial score (nSPS) is 16.7. The van der Waals surface area contributed by atoms with Crippen molar-refractivity contribution in [3.63, 3.8) is 0 Å². The lowest BCUT2D eigenvalue weighted by Gasteiger charge is -2.35. The Hall–Kier alpha value is -2.89. The van der Waals surface area contributed by atoms with E-state index in [1.165, 1.54) is 13.3 Å². The zero-order chi connectivity index (χ0) is 19.2. The maximum absolute atomic E-state index is 13.0. The van der Waals surface area contributed by atoms with E-state index < -0.39 is 0 Å². The Bertz CT molecular complexity index is 821. The average Bonchev–Trinajstić information content (AvgIpc) is 2.67. The summed E-state index contributed by atoms with van der Waals surface area (Å²) in [4.78, 5) is 30.4. The van der Waals surface area contributed by atoms with Gasteiger partial charge in [0.1, 0.15) is 0 Å². The summed E-state index contributed by atoms with van der Waals surface area (Å²) in [5, 5.41) is 6.02. The second kappa shape index (κ2) is 8.66. The number of nitrogens with one attached hydrogen (secondary N) is 2. The first kappa shape index (κ1) is 18.9. The molecule has 0 spiro atoms. The van der Waals surface area contributed by atoms with Crippen LogP contribution in [0.2, 0.25) is 0 Å². The number of piperidine rings is 1. The van der Waals surface area contributed by atoms with Crippen LogP contribution in [0, 0.1) is 0 Å². The lowest BCUT2D eigenvalue weighted by molar-refractivity contribution is -0.114. The topological polar surface area (TPSA) is 74.3 Å². The van der Waals surface area contributed by atoms with E-state index in [1.54, 1.807) is 12.4 Å². The van der Waals surface area contributed by atoms with E-state index in [4.69, 9.17) is 0 Å². The molecule has 6 nitrogen and oxygen atoms in total. The van der Waals surface area contributed by atoms with Gasteiger partial charge < -0.3 is 15.5 Å². The third kappa shape index (κ3) is 4.84. The average molecular weight is 366 g/mol. The van der Waals surface area contributed by atoms with Gasteiger partial charge in [-0.15, -0.1) is 0 Å². The largest absolute Gasteiger partial charge is 0.354 e. The van der Waals surface area contributed by atoms with Crippen molar-refractivity contribution in [1.29, 1.82) is 0 Å². The van der Waals surface area contributed by atoms with Gasteiger partial charge in [-0.25, -0.2) is 0 Å². The maximum Gasteiger partial charge on any atom is 0.255 e. The zero-order valence-corrected chi connectivity index (χ0v) is 15.9. The molecule has 2 aromatic rings. The molecule has 1 aromatic carbocycles. The van der Waals surface area contributed by atoms with Crippen LogP contribution in [-0.2, 0) is 4.79 Å². The van der Waals surface area contributed by atoms with Crippen LogP contribution in [0.3, 0.4) is 0 Å². The molecule has 1 aliphatic heterocycles. The number of likely N-dealkylation sites (tertiary alicyclic amines) is 1. The molecule has 0 aliphatic carbocycles. The maximum atomic E-state index is 13.0. The van der Waals surface area contributed by atoms with Crippen molar-refractivity contribution in [2.45, 2.75) is 45.6 Å². The summed E-state index contributed by atoms with van der Waals surface area (Å²) in [7, 11) is 0. The Balaban J connectivity index is 1.75. The van der Waals surface area contributed by atoms with Crippen LogP contribution in [0.15, 0.2) is 42.7 Å². The lowest BCUT2D eigenvalue weighted by Crippen LogP contribution is -2.43. The van der Waals surface area contributed by atoms with Crippen LogP contribution in [0.5, 0.6) is 0 Å². The highest BCUT2D eigenvalue weighted by molar-refractivity contribution is 5.95. The third-order valence-corrected chi connectivity index (χ3v) is 4.82. The fourth-order valence-electron chi connectivity index (χ4n) is 3.53. The van der Waals surface area contributed by atoms with Crippen LogP contribution < -0.4 is 10.6 Å². The van der Waals surface area contributed by atoms with Gasteiger partial charge in [-0.3, -0.25) is 14.6 Å². The van der Waals surface area contributed by atoms with E-state index in [0.29, 0.717) is 17.3 Å².